The molecule has 3 nitrogen and oxygen atoms in total. The van der Waals surface area contributed by atoms with Crippen molar-refractivity contribution in [3.63, 3.8) is 0 Å². The van der Waals surface area contributed by atoms with Gasteiger partial charge >= 0.3 is 0 Å². The standard InChI is InChI=1S/C14H29O3Si/c1-4-15-14(16-5-2,17-6-3)12-10-8-7-9-11-13-18/h4-13H2,1-3H3. The maximum Gasteiger partial charge on any atom is 0.282 e. The van der Waals surface area contributed by atoms with Gasteiger partial charge in [0, 0.05) is 36.5 Å². The van der Waals surface area contributed by atoms with Crippen LogP contribution in [-0.2, 0) is 14.2 Å². The number of hydrogen-bond donors (Lipinski definition) is 0. The fraction of sp³-hybridized carbons (Fsp3) is 1.00. The third-order valence-electron chi connectivity index (χ3n) is 2.75. The summed E-state index contributed by atoms with van der Waals surface area (Å²) in [6, 6.07) is 1.10. The second kappa shape index (κ2) is 12.1. The van der Waals surface area contributed by atoms with Crippen LogP contribution in [0.3, 0.4) is 0 Å². The molecule has 107 valence electrons. The summed E-state index contributed by atoms with van der Waals surface area (Å²) in [5, 5.41) is 0. The molecule has 0 unspecified atom stereocenters. The third-order valence-corrected chi connectivity index (χ3v) is 3.11. The molecule has 0 aliphatic heterocycles. The van der Waals surface area contributed by atoms with Crippen molar-refractivity contribution < 1.29 is 14.2 Å². The van der Waals surface area contributed by atoms with Gasteiger partial charge in [-0.05, 0) is 27.2 Å². The SMILES string of the molecule is CCOC(CCCCCCC[Si])(OCC)OCC. The van der Waals surface area contributed by atoms with E-state index in [1.165, 1.54) is 25.7 Å². The summed E-state index contributed by atoms with van der Waals surface area (Å²) < 4.78 is 17.1. The molecule has 0 N–H and O–H groups in total. The van der Waals surface area contributed by atoms with Gasteiger partial charge in [-0.2, -0.15) is 0 Å². The second-order valence-electron chi connectivity index (χ2n) is 4.25. The summed E-state index contributed by atoms with van der Waals surface area (Å²) >= 11 is 0. The highest BCUT2D eigenvalue weighted by Gasteiger charge is 2.31. The number of unbranched alkanes of at least 4 members (excludes halogenated alkanes) is 4. The smallest absolute Gasteiger partial charge is 0.282 e. The molecule has 0 aliphatic rings. The Morgan fingerprint density at radius 1 is 0.722 bits per heavy atom. The molecule has 0 saturated carbocycles. The van der Waals surface area contributed by atoms with Gasteiger partial charge in [-0.3, -0.25) is 0 Å². The Morgan fingerprint density at radius 3 is 1.61 bits per heavy atom. The van der Waals surface area contributed by atoms with E-state index in [0.29, 0.717) is 19.8 Å². The number of hydrogen-bond acceptors (Lipinski definition) is 3. The van der Waals surface area contributed by atoms with Crippen LogP contribution < -0.4 is 0 Å². The summed E-state index contributed by atoms with van der Waals surface area (Å²) in [4.78, 5) is 0. The minimum Gasteiger partial charge on any atom is -0.328 e. The fourth-order valence-corrected chi connectivity index (χ4v) is 2.25. The zero-order chi connectivity index (χ0) is 13.7. The van der Waals surface area contributed by atoms with Crippen LogP contribution in [0, 0.1) is 0 Å². The lowest BCUT2D eigenvalue weighted by Gasteiger charge is -2.32. The Bertz CT molecular complexity index is 159. The predicted octanol–water partition coefficient (Wildman–Crippen LogP) is 3.68. The van der Waals surface area contributed by atoms with E-state index in [1.807, 2.05) is 20.8 Å². The van der Waals surface area contributed by atoms with Gasteiger partial charge in [0.2, 0.25) is 0 Å². The zero-order valence-electron chi connectivity index (χ0n) is 12.3. The highest BCUT2D eigenvalue weighted by Crippen LogP contribution is 2.24. The van der Waals surface area contributed by atoms with Gasteiger partial charge in [0.05, 0.1) is 0 Å². The van der Waals surface area contributed by atoms with Gasteiger partial charge in [0.25, 0.3) is 5.97 Å². The first-order chi connectivity index (χ1) is 8.74. The lowest BCUT2D eigenvalue weighted by Crippen LogP contribution is -2.39. The largest absolute Gasteiger partial charge is 0.328 e. The van der Waals surface area contributed by atoms with Crippen LogP contribution >= 0.6 is 0 Å². The molecule has 0 aromatic heterocycles. The average Bonchev–Trinajstić information content (AvgIpc) is 2.35. The fourth-order valence-electron chi connectivity index (χ4n) is 2.00. The summed E-state index contributed by atoms with van der Waals surface area (Å²) in [7, 11) is 3.50. The van der Waals surface area contributed by atoms with Crippen LogP contribution in [0.5, 0.6) is 0 Å². The second-order valence-corrected chi connectivity index (χ2v) is 4.75. The van der Waals surface area contributed by atoms with Gasteiger partial charge < -0.3 is 14.2 Å². The normalized spacial score (nSPS) is 12.0. The van der Waals surface area contributed by atoms with Crippen LogP contribution in [-0.4, -0.2) is 36.0 Å². The summed E-state index contributed by atoms with van der Waals surface area (Å²) in [5.74, 6) is -0.812. The van der Waals surface area contributed by atoms with E-state index in [2.05, 4.69) is 10.2 Å². The zero-order valence-corrected chi connectivity index (χ0v) is 13.3. The number of ether oxygens (including phenoxy) is 3. The third kappa shape index (κ3) is 8.24. The molecule has 4 heteroatoms. The molecule has 0 aromatic rings. The van der Waals surface area contributed by atoms with Crippen LogP contribution in [0.2, 0.25) is 6.04 Å². The highest BCUT2D eigenvalue weighted by molar-refractivity contribution is 6.08. The van der Waals surface area contributed by atoms with E-state index in [0.717, 1.165) is 18.9 Å². The van der Waals surface area contributed by atoms with Crippen molar-refractivity contribution in [3.05, 3.63) is 0 Å². The predicted molar refractivity (Wildman–Crippen MR) is 75.9 cm³/mol. The molecule has 0 rings (SSSR count). The van der Waals surface area contributed by atoms with Crippen molar-refractivity contribution in [2.75, 3.05) is 19.8 Å². The molecule has 0 spiro atoms. The molecule has 0 amide bonds. The van der Waals surface area contributed by atoms with E-state index in [9.17, 15) is 0 Å². The molecular formula is C14H29O3Si. The van der Waals surface area contributed by atoms with Crippen molar-refractivity contribution >= 4 is 10.2 Å². The Labute approximate surface area is 116 Å². The Balaban J connectivity index is 3.97. The van der Waals surface area contributed by atoms with Gasteiger partial charge in [-0.25, -0.2) is 0 Å². The molecule has 0 bridgehead atoms. The maximum absolute atomic E-state index is 5.69. The van der Waals surface area contributed by atoms with Gasteiger partial charge in [0.1, 0.15) is 0 Å². The molecule has 0 atom stereocenters. The lowest BCUT2D eigenvalue weighted by molar-refractivity contribution is -0.380. The minimum atomic E-state index is -0.812. The van der Waals surface area contributed by atoms with E-state index >= 15 is 0 Å². The van der Waals surface area contributed by atoms with Gasteiger partial charge in [0.15, 0.2) is 0 Å². The Kier molecular flexibility index (Phi) is 12.2. The van der Waals surface area contributed by atoms with Crippen molar-refractivity contribution in [1.82, 2.24) is 0 Å². The van der Waals surface area contributed by atoms with Crippen LogP contribution in [0.4, 0.5) is 0 Å². The van der Waals surface area contributed by atoms with E-state index in [1.54, 1.807) is 0 Å². The number of rotatable bonds is 13. The molecule has 18 heavy (non-hydrogen) atoms. The Hall–Kier alpha value is 0.0969. The van der Waals surface area contributed by atoms with Gasteiger partial charge in [-0.1, -0.05) is 31.7 Å². The van der Waals surface area contributed by atoms with E-state index < -0.39 is 5.97 Å². The van der Waals surface area contributed by atoms with Crippen molar-refractivity contribution in [3.8, 4) is 0 Å². The molecular weight excluding hydrogens is 244 g/mol. The maximum atomic E-state index is 5.69. The molecule has 0 saturated heterocycles. The summed E-state index contributed by atoms with van der Waals surface area (Å²) in [6.45, 7) is 7.77. The Morgan fingerprint density at radius 2 is 1.17 bits per heavy atom. The topological polar surface area (TPSA) is 27.7 Å². The average molecular weight is 273 g/mol. The van der Waals surface area contributed by atoms with Crippen LogP contribution in [0.25, 0.3) is 0 Å². The first-order valence-electron chi connectivity index (χ1n) is 7.31. The highest BCUT2D eigenvalue weighted by atomic mass is 28.1. The quantitative estimate of drug-likeness (QED) is 0.291. The van der Waals surface area contributed by atoms with Crippen LogP contribution in [0.15, 0.2) is 0 Å². The first-order valence-corrected chi connectivity index (χ1v) is 8.01. The molecule has 0 aromatic carbocycles. The first kappa shape index (κ1) is 18.1. The van der Waals surface area contributed by atoms with Crippen molar-refractivity contribution in [2.24, 2.45) is 0 Å². The minimum absolute atomic E-state index is 0.614. The van der Waals surface area contributed by atoms with Crippen LogP contribution in [0.1, 0.15) is 59.3 Å². The molecule has 0 fully saturated rings. The molecule has 3 radical (unpaired) electrons. The van der Waals surface area contributed by atoms with E-state index in [-0.39, 0.29) is 0 Å². The molecule has 0 aliphatic carbocycles. The summed E-state index contributed by atoms with van der Waals surface area (Å²) in [6.07, 6.45) is 6.92. The summed E-state index contributed by atoms with van der Waals surface area (Å²) in [5.41, 5.74) is 0. The lowest BCUT2D eigenvalue weighted by atomic mass is 10.1. The molecule has 0 heterocycles. The van der Waals surface area contributed by atoms with Crippen molar-refractivity contribution in [2.45, 2.75) is 71.3 Å². The van der Waals surface area contributed by atoms with Crippen molar-refractivity contribution in [1.29, 1.82) is 0 Å². The van der Waals surface area contributed by atoms with E-state index in [4.69, 9.17) is 14.2 Å². The monoisotopic (exact) mass is 273 g/mol. The van der Waals surface area contributed by atoms with Gasteiger partial charge in [-0.15, -0.1) is 0 Å².